The Bertz CT molecular complexity index is 802. The van der Waals surface area contributed by atoms with Crippen molar-refractivity contribution >= 4 is 17.5 Å². The molecule has 0 atom stereocenters. The van der Waals surface area contributed by atoms with Gasteiger partial charge in [-0.2, -0.15) is 0 Å². The van der Waals surface area contributed by atoms with Gasteiger partial charge in [-0.05, 0) is 23.8 Å². The van der Waals surface area contributed by atoms with Crippen molar-refractivity contribution in [3.05, 3.63) is 71.1 Å². The lowest BCUT2D eigenvalue weighted by molar-refractivity contribution is -0.120. The molecule has 0 aliphatic rings. The van der Waals surface area contributed by atoms with Crippen LogP contribution in [-0.2, 0) is 17.8 Å². The van der Waals surface area contributed by atoms with Crippen molar-refractivity contribution in [1.82, 2.24) is 15.5 Å². The fraction of sp³-hybridized carbons (Fsp3) is 0.118. The van der Waals surface area contributed by atoms with E-state index in [1.165, 1.54) is 0 Å². The molecule has 0 saturated carbocycles. The average Bonchev–Trinajstić information content (AvgIpc) is 3.03. The molecule has 0 spiro atoms. The Morgan fingerprint density at radius 1 is 1.04 bits per heavy atom. The van der Waals surface area contributed by atoms with Crippen molar-refractivity contribution in [3.63, 3.8) is 0 Å². The Hall–Kier alpha value is -2.66. The van der Waals surface area contributed by atoms with Crippen LogP contribution in [0.3, 0.4) is 0 Å². The van der Waals surface area contributed by atoms with Crippen LogP contribution in [0.2, 0.25) is 5.02 Å². The Balaban J connectivity index is 1.58. The van der Waals surface area contributed by atoms with Gasteiger partial charge in [-0.1, -0.05) is 48.0 Å². The molecular formula is C17H14ClN3O2. The molecule has 3 aromatic rings. The fourth-order valence-corrected chi connectivity index (χ4v) is 2.26. The minimum Gasteiger partial charge on any atom is -0.420 e. The number of hydrogen-bond acceptors (Lipinski definition) is 4. The molecule has 0 radical (unpaired) electrons. The smallest absolute Gasteiger partial charge is 0.247 e. The number of carbonyl (C=O) groups is 1. The summed E-state index contributed by atoms with van der Waals surface area (Å²) in [5.41, 5.74) is 1.68. The first kappa shape index (κ1) is 15.2. The van der Waals surface area contributed by atoms with Crippen molar-refractivity contribution in [2.45, 2.75) is 13.0 Å². The van der Waals surface area contributed by atoms with Crippen LogP contribution in [0.15, 0.2) is 59.0 Å². The highest BCUT2D eigenvalue weighted by molar-refractivity contribution is 6.31. The number of hydrogen-bond donors (Lipinski definition) is 1. The molecule has 2 aromatic carbocycles. The van der Waals surface area contributed by atoms with Gasteiger partial charge in [0.25, 0.3) is 0 Å². The molecule has 0 aliphatic heterocycles. The summed E-state index contributed by atoms with van der Waals surface area (Å²) in [4.78, 5) is 12.0. The van der Waals surface area contributed by atoms with Crippen LogP contribution >= 0.6 is 11.6 Å². The summed E-state index contributed by atoms with van der Waals surface area (Å²) < 4.78 is 5.51. The third kappa shape index (κ3) is 3.96. The summed E-state index contributed by atoms with van der Waals surface area (Å²) in [6.45, 7) is 0.359. The van der Waals surface area contributed by atoms with E-state index in [-0.39, 0.29) is 18.2 Å². The summed E-state index contributed by atoms with van der Waals surface area (Å²) >= 11 is 6.05. The number of nitrogens with one attached hydrogen (secondary N) is 1. The first-order chi connectivity index (χ1) is 11.2. The molecule has 3 rings (SSSR count). The fourth-order valence-electron chi connectivity index (χ4n) is 2.06. The van der Waals surface area contributed by atoms with E-state index in [2.05, 4.69) is 15.5 Å². The molecular weight excluding hydrogens is 314 g/mol. The van der Waals surface area contributed by atoms with Gasteiger partial charge < -0.3 is 9.73 Å². The van der Waals surface area contributed by atoms with Gasteiger partial charge in [0.2, 0.25) is 17.7 Å². The van der Waals surface area contributed by atoms with E-state index >= 15 is 0 Å². The molecule has 1 amide bonds. The summed E-state index contributed by atoms with van der Waals surface area (Å²) in [5, 5.41) is 11.3. The van der Waals surface area contributed by atoms with Crippen LogP contribution in [0.5, 0.6) is 0 Å². The van der Waals surface area contributed by atoms with Crippen LogP contribution in [0.4, 0.5) is 0 Å². The quantitative estimate of drug-likeness (QED) is 0.781. The highest BCUT2D eigenvalue weighted by Crippen LogP contribution is 2.17. The van der Waals surface area contributed by atoms with Crippen molar-refractivity contribution in [1.29, 1.82) is 0 Å². The zero-order valence-corrected chi connectivity index (χ0v) is 13.0. The molecule has 6 heteroatoms. The predicted octanol–water partition coefficient (Wildman–Crippen LogP) is 3.25. The van der Waals surface area contributed by atoms with Crippen molar-refractivity contribution in [3.8, 4) is 11.5 Å². The van der Waals surface area contributed by atoms with Crippen LogP contribution in [0, 0.1) is 0 Å². The Morgan fingerprint density at radius 2 is 1.78 bits per heavy atom. The van der Waals surface area contributed by atoms with Gasteiger partial charge in [0.05, 0.1) is 0 Å². The van der Waals surface area contributed by atoms with Gasteiger partial charge in [0, 0.05) is 17.1 Å². The zero-order valence-electron chi connectivity index (χ0n) is 12.2. The van der Waals surface area contributed by atoms with Crippen LogP contribution in [-0.4, -0.2) is 16.1 Å². The average molecular weight is 328 g/mol. The number of benzene rings is 2. The molecule has 23 heavy (non-hydrogen) atoms. The summed E-state index contributed by atoms with van der Waals surface area (Å²) in [6, 6.07) is 16.8. The minimum absolute atomic E-state index is 0.0320. The SMILES string of the molecule is O=C(Cc1nnc(-c2ccccc2)o1)NCc1ccccc1Cl. The van der Waals surface area contributed by atoms with Crippen LogP contribution in [0.25, 0.3) is 11.5 Å². The molecule has 0 unspecified atom stereocenters. The van der Waals surface area contributed by atoms with Crippen molar-refractivity contribution in [2.75, 3.05) is 0 Å². The maximum atomic E-state index is 12.0. The first-order valence-electron chi connectivity index (χ1n) is 7.10. The summed E-state index contributed by atoms with van der Waals surface area (Å²) in [5.74, 6) is 0.480. The largest absolute Gasteiger partial charge is 0.420 e. The monoisotopic (exact) mass is 327 g/mol. The van der Waals surface area contributed by atoms with E-state index in [9.17, 15) is 4.79 Å². The normalized spacial score (nSPS) is 10.5. The third-order valence-electron chi connectivity index (χ3n) is 3.23. The lowest BCUT2D eigenvalue weighted by atomic mass is 10.2. The van der Waals surface area contributed by atoms with E-state index in [0.717, 1.165) is 11.1 Å². The van der Waals surface area contributed by atoms with E-state index in [4.69, 9.17) is 16.0 Å². The number of carbonyl (C=O) groups excluding carboxylic acids is 1. The lowest BCUT2D eigenvalue weighted by Gasteiger charge is -2.05. The highest BCUT2D eigenvalue weighted by atomic mass is 35.5. The molecule has 116 valence electrons. The number of rotatable bonds is 5. The van der Waals surface area contributed by atoms with E-state index < -0.39 is 0 Å². The Kier molecular flexibility index (Phi) is 4.68. The highest BCUT2D eigenvalue weighted by Gasteiger charge is 2.12. The maximum Gasteiger partial charge on any atom is 0.247 e. The molecule has 1 aromatic heterocycles. The second-order valence-electron chi connectivity index (χ2n) is 4.91. The van der Waals surface area contributed by atoms with Crippen LogP contribution < -0.4 is 5.32 Å². The predicted molar refractivity (Wildman–Crippen MR) is 86.7 cm³/mol. The second-order valence-corrected chi connectivity index (χ2v) is 5.32. The van der Waals surface area contributed by atoms with Crippen LogP contribution in [0.1, 0.15) is 11.5 Å². The van der Waals surface area contributed by atoms with Gasteiger partial charge in [-0.15, -0.1) is 10.2 Å². The first-order valence-corrected chi connectivity index (χ1v) is 7.48. The third-order valence-corrected chi connectivity index (χ3v) is 3.60. The number of amides is 1. The molecule has 0 saturated heterocycles. The number of halogens is 1. The van der Waals surface area contributed by atoms with E-state index in [1.807, 2.05) is 48.5 Å². The molecule has 1 N–H and O–H groups in total. The zero-order chi connectivity index (χ0) is 16.1. The van der Waals surface area contributed by atoms with Gasteiger partial charge in [-0.3, -0.25) is 4.79 Å². The van der Waals surface area contributed by atoms with E-state index in [1.54, 1.807) is 6.07 Å². The van der Waals surface area contributed by atoms with Crippen molar-refractivity contribution in [2.24, 2.45) is 0 Å². The summed E-state index contributed by atoms with van der Waals surface area (Å²) in [6.07, 6.45) is 0.0320. The maximum absolute atomic E-state index is 12.0. The lowest BCUT2D eigenvalue weighted by Crippen LogP contribution is -2.24. The van der Waals surface area contributed by atoms with Crippen molar-refractivity contribution < 1.29 is 9.21 Å². The van der Waals surface area contributed by atoms with Gasteiger partial charge in [0.1, 0.15) is 6.42 Å². The molecule has 0 bridgehead atoms. The number of aromatic nitrogens is 2. The van der Waals surface area contributed by atoms with Gasteiger partial charge >= 0.3 is 0 Å². The van der Waals surface area contributed by atoms with Gasteiger partial charge in [-0.25, -0.2) is 0 Å². The van der Waals surface area contributed by atoms with Gasteiger partial charge in [0.15, 0.2) is 0 Å². The molecule has 0 aliphatic carbocycles. The summed E-state index contributed by atoms with van der Waals surface area (Å²) in [7, 11) is 0. The molecule has 1 heterocycles. The minimum atomic E-state index is -0.201. The molecule has 0 fully saturated rings. The topological polar surface area (TPSA) is 68.0 Å². The standard InChI is InChI=1S/C17H14ClN3O2/c18-14-9-5-4-8-13(14)11-19-15(22)10-16-20-21-17(23-16)12-6-2-1-3-7-12/h1-9H,10-11H2,(H,19,22). The Morgan fingerprint density at radius 3 is 2.57 bits per heavy atom. The molecule has 5 nitrogen and oxygen atoms in total. The van der Waals surface area contributed by atoms with E-state index in [0.29, 0.717) is 17.5 Å². The second kappa shape index (κ2) is 7.07. The number of nitrogens with zero attached hydrogens (tertiary/aromatic N) is 2. The Labute approximate surface area is 138 Å².